The summed E-state index contributed by atoms with van der Waals surface area (Å²) >= 11 is 6.27. The van der Waals surface area contributed by atoms with Crippen LogP contribution in [-0.2, 0) is 25.6 Å². The summed E-state index contributed by atoms with van der Waals surface area (Å²) in [4.78, 5) is 0. The van der Waals surface area contributed by atoms with E-state index in [9.17, 15) is 17.6 Å². The Morgan fingerprint density at radius 2 is 1.69 bits per heavy atom. The number of halogens is 5. The first kappa shape index (κ1) is 25.4. The van der Waals surface area contributed by atoms with Crippen molar-refractivity contribution in [3.63, 3.8) is 0 Å². The van der Waals surface area contributed by atoms with E-state index in [4.69, 9.17) is 16.3 Å². The molecule has 0 bridgehead atoms. The van der Waals surface area contributed by atoms with Crippen LogP contribution in [0.5, 0.6) is 11.5 Å². The van der Waals surface area contributed by atoms with Crippen LogP contribution in [0, 0.1) is 5.82 Å². The molecule has 5 aromatic rings. The van der Waals surface area contributed by atoms with Crippen LogP contribution in [0.15, 0.2) is 78.9 Å². The second-order valence-electron chi connectivity index (χ2n) is 9.67. The maximum absolute atomic E-state index is 13.9. The monoisotopic (exact) mass is 550 g/mol. The molecule has 39 heavy (non-hydrogen) atoms. The molecule has 1 aromatic heterocycles. The number of hydrogen-bond acceptors (Lipinski definition) is 2. The molecule has 0 spiro atoms. The molecular formula is C31H23ClF4N2O. The third-order valence-electron chi connectivity index (χ3n) is 7.10. The zero-order valence-corrected chi connectivity index (χ0v) is 21.5. The van der Waals surface area contributed by atoms with Gasteiger partial charge < -0.3 is 4.74 Å². The Labute approximate surface area is 227 Å². The Bertz CT molecular complexity index is 1690. The molecule has 3 nitrogen and oxygen atoms in total. The predicted molar refractivity (Wildman–Crippen MR) is 144 cm³/mol. The zero-order valence-electron chi connectivity index (χ0n) is 20.7. The van der Waals surface area contributed by atoms with Crippen LogP contribution in [0.1, 0.15) is 35.1 Å². The predicted octanol–water partition coefficient (Wildman–Crippen LogP) is 9.23. The molecule has 1 aliphatic carbocycles. The Balaban J connectivity index is 1.47. The van der Waals surface area contributed by atoms with Gasteiger partial charge in [0.15, 0.2) is 0 Å². The second-order valence-corrected chi connectivity index (χ2v) is 10.1. The second kappa shape index (κ2) is 10.0. The van der Waals surface area contributed by atoms with Crippen LogP contribution in [0.4, 0.5) is 17.6 Å². The number of benzene rings is 4. The lowest BCUT2D eigenvalue weighted by atomic mass is 9.91. The van der Waals surface area contributed by atoms with E-state index in [2.05, 4.69) is 11.2 Å². The van der Waals surface area contributed by atoms with Crippen molar-refractivity contribution < 1.29 is 22.3 Å². The van der Waals surface area contributed by atoms with Gasteiger partial charge in [0.1, 0.15) is 22.8 Å². The highest BCUT2D eigenvalue weighted by molar-refractivity contribution is 6.31. The average molecular weight is 551 g/mol. The Hall–Kier alpha value is -3.84. The van der Waals surface area contributed by atoms with Crippen molar-refractivity contribution in [2.75, 3.05) is 0 Å². The molecule has 0 unspecified atom stereocenters. The lowest BCUT2D eigenvalue weighted by Gasteiger charge is -2.19. The van der Waals surface area contributed by atoms with E-state index < -0.39 is 17.6 Å². The summed E-state index contributed by atoms with van der Waals surface area (Å²) < 4.78 is 63.2. The van der Waals surface area contributed by atoms with Gasteiger partial charge in [0.05, 0.1) is 17.8 Å². The smallest absolute Gasteiger partial charge is 0.418 e. The minimum atomic E-state index is -4.58. The topological polar surface area (TPSA) is 27.1 Å². The molecule has 1 aliphatic rings. The molecule has 0 saturated carbocycles. The van der Waals surface area contributed by atoms with Gasteiger partial charge in [-0.15, -0.1) is 0 Å². The van der Waals surface area contributed by atoms with Gasteiger partial charge in [-0.1, -0.05) is 54.1 Å². The quantitative estimate of drug-likeness (QED) is 0.204. The maximum Gasteiger partial charge on any atom is 0.418 e. The van der Waals surface area contributed by atoms with Crippen molar-refractivity contribution in [1.29, 1.82) is 0 Å². The van der Waals surface area contributed by atoms with Crippen molar-refractivity contribution in [2.45, 2.75) is 38.4 Å². The first-order chi connectivity index (χ1) is 18.8. The fourth-order valence-electron chi connectivity index (χ4n) is 5.29. The van der Waals surface area contributed by atoms with Crippen LogP contribution >= 0.6 is 11.6 Å². The lowest BCUT2D eigenvalue weighted by molar-refractivity contribution is -0.136. The van der Waals surface area contributed by atoms with E-state index in [1.54, 1.807) is 6.07 Å². The molecule has 0 atom stereocenters. The van der Waals surface area contributed by atoms with E-state index in [0.717, 1.165) is 37.5 Å². The molecule has 1 heterocycles. The molecule has 0 radical (unpaired) electrons. The fourth-order valence-corrected chi connectivity index (χ4v) is 5.51. The summed E-state index contributed by atoms with van der Waals surface area (Å²) in [5, 5.41) is 4.90. The minimum Gasteiger partial charge on any atom is -0.457 e. The van der Waals surface area contributed by atoms with Crippen LogP contribution in [0.2, 0.25) is 5.02 Å². The highest BCUT2D eigenvalue weighted by Crippen LogP contribution is 2.40. The first-order valence-electron chi connectivity index (χ1n) is 12.7. The minimum absolute atomic E-state index is 0.0533. The fraction of sp³-hybridized carbons (Fsp3) is 0.194. The number of rotatable bonds is 5. The third-order valence-corrected chi connectivity index (χ3v) is 7.45. The summed E-state index contributed by atoms with van der Waals surface area (Å²) in [6.07, 6.45) is -0.361. The maximum atomic E-state index is 13.9. The van der Waals surface area contributed by atoms with Crippen molar-refractivity contribution in [3.05, 3.63) is 112 Å². The Kier molecular flexibility index (Phi) is 6.55. The molecule has 0 saturated heterocycles. The molecule has 6 rings (SSSR count). The number of nitrogens with zero attached hydrogens (tertiary/aromatic N) is 2. The number of aryl methyl sites for hydroxylation is 1. The van der Waals surface area contributed by atoms with Gasteiger partial charge in [0.25, 0.3) is 0 Å². The van der Waals surface area contributed by atoms with E-state index in [1.807, 2.05) is 36.4 Å². The molecule has 0 fully saturated rings. The van der Waals surface area contributed by atoms with Crippen molar-refractivity contribution >= 4 is 22.5 Å². The SMILES string of the molecule is Fc1ccc(Cn2nc3c(C(F)(F)F)cccc3c2-c2cccc(Oc3cccc4c3CCCC4)c2)c(Cl)c1. The summed E-state index contributed by atoms with van der Waals surface area (Å²) in [5.41, 5.74) is 3.15. The van der Waals surface area contributed by atoms with E-state index in [-0.39, 0.29) is 17.1 Å². The van der Waals surface area contributed by atoms with Gasteiger partial charge in [-0.2, -0.15) is 18.3 Å². The Morgan fingerprint density at radius 1 is 0.897 bits per heavy atom. The zero-order chi connectivity index (χ0) is 27.1. The number of ether oxygens (including phenoxy) is 1. The normalized spacial score (nSPS) is 13.5. The summed E-state index contributed by atoms with van der Waals surface area (Å²) in [7, 11) is 0. The standard InChI is InChI=1S/C31H23ClF4N2O/c32-27-17-22(33)15-14-21(27)18-38-30(25-11-5-12-26(29(25)37-38)31(34,35)36)20-8-3-9-23(16-20)39-28-13-4-7-19-6-1-2-10-24(19)28/h3-5,7-9,11-17H,1-2,6,10,18H2. The third kappa shape index (κ3) is 4.99. The molecule has 0 N–H and O–H groups in total. The molecular weight excluding hydrogens is 528 g/mol. The lowest BCUT2D eigenvalue weighted by Crippen LogP contribution is -2.07. The highest BCUT2D eigenvalue weighted by atomic mass is 35.5. The highest BCUT2D eigenvalue weighted by Gasteiger charge is 2.34. The number of fused-ring (bicyclic) bond motifs is 2. The van der Waals surface area contributed by atoms with Crippen molar-refractivity contribution in [2.24, 2.45) is 0 Å². The van der Waals surface area contributed by atoms with Gasteiger partial charge in [-0.25, -0.2) is 4.39 Å². The number of hydrogen-bond donors (Lipinski definition) is 0. The molecule has 8 heteroatoms. The number of aromatic nitrogens is 2. The van der Waals surface area contributed by atoms with Crippen LogP contribution in [-0.4, -0.2) is 9.78 Å². The van der Waals surface area contributed by atoms with E-state index in [0.29, 0.717) is 28.0 Å². The van der Waals surface area contributed by atoms with Crippen molar-refractivity contribution in [1.82, 2.24) is 9.78 Å². The van der Waals surface area contributed by atoms with E-state index in [1.165, 1.54) is 40.1 Å². The van der Waals surface area contributed by atoms with Crippen LogP contribution in [0.3, 0.4) is 0 Å². The summed E-state index contributed by atoms with van der Waals surface area (Å²) in [6.45, 7) is 0.0533. The van der Waals surface area contributed by atoms with Gasteiger partial charge in [0, 0.05) is 16.0 Å². The molecule has 0 amide bonds. The van der Waals surface area contributed by atoms with Gasteiger partial charge >= 0.3 is 6.18 Å². The van der Waals surface area contributed by atoms with Gasteiger partial charge in [0.2, 0.25) is 0 Å². The number of alkyl halides is 3. The summed E-state index contributed by atoms with van der Waals surface area (Å²) in [5.74, 6) is 0.862. The molecule has 4 aromatic carbocycles. The van der Waals surface area contributed by atoms with Crippen molar-refractivity contribution in [3.8, 4) is 22.8 Å². The molecule has 0 aliphatic heterocycles. The summed E-state index contributed by atoms with van der Waals surface area (Å²) in [6, 6.07) is 21.3. The first-order valence-corrected chi connectivity index (χ1v) is 13.1. The van der Waals surface area contributed by atoms with Gasteiger partial charge in [-0.05, 0) is 78.8 Å². The average Bonchev–Trinajstić information content (AvgIpc) is 3.28. The largest absolute Gasteiger partial charge is 0.457 e. The Morgan fingerprint density at radius 3 is 2.51 bits per heavy atom. The van der Waals surface area contributed by atoms with E-state index >= 15 is 0 Å². The van der Waals surface area contributed by atoms with Crippen LogP contribution in [0.25, 0.3) is 22.2 Å². The van der Waals surface area contributed by atoms with Gasteiger partial charge in [-0.3, -0.25) is 4.68 Å². The van der Waals surface area contributed by atoms with Crippen LogP contribution < -0.4 is 4.74 Å². The molecule has 198 valence electrons.